The molecule has 1 aromatic carbocycles. The number of benzene rings is 1. The maximum absolute atomic E-state index is 13.2. The highest BCUT2D eigenvalue weighted by Crippen LogP contribution is 2.32. The number of carbonyl (C=O) groups excluding carboxylic acids is 1. The molecule has 0 aliphatic heterocycles. The van der Waals surface area contributed by atoms with Gasteiger partial charge in [-0.2, -0.15) is 18.4 Å². The number of nitriles is 1. The van der Waals surface area contributed by atoms with Crippen LogP contribution in [0.15, 0.2) is 46.7 Å². The van der Waals surface area contributed by atoms with E-state index in [2.05, 4.69) is 20.9 Å². The highest BCUT2D eigenvalue weighted by molar-refractivity contribution is 9.10. The quantitative estimate of drug-likeness (QED) is 0.263. The second-order valence-electron chi connectivity index (χ2n) is 6.80. The average molecular weight is 492 g/mol. The Morgan fingerprint density at radius 1 is 1.35 bits per heavy atom. The second-order valence-corrected chi connectivity index (χ2v) is 7.65. The van der Waals surface area contributed by atoms with Crippen molar-refractivity contribution in [1.29, 1.82) is 5.26 Å². The molecule has 0 radical (unpaired) electrons. The summed E-state index contributed by atoms with van der Waals surface area (Å²) in [5.74, 6) is -0.751. The molecule has 3 rings (SSSR count). The number of hydrogen-bond acceptors (Lipinski definition) is 4. The van der Waals surface area contributed by atoms with Gasteiger partial charge in [-0.1, -0.05) is 11.6 Å². The molecular weight excluding hydrogens is 475 g/mol. The lowest BCUT2D eigenvalue weighted by molar-refractivity contribution is -0.138. The number of aromatic nitrogens is 2. The van der Waals surface area contributed by atoms with Crippen LogP contribution in [0.25, 0.3) is 17.1 Å². The lowest BCUT2D eigenvalue weighted by Crippen LogP contribution is -2.07. The van der Waals surface area contributed by atoms with Crippen LogP contribution in [-0.4, -0.2) is 22.1 Å². The largest absolute Gasteiger partial charge is 0.462 e. The summed E-state index contributed by atoms with van der Waals surface area (Å²) in [5, 5.41) is 9.97. The zero-order chi connectivity index (χ0) is 22.8. The maximum Gasteiger partial charge on any atom is 0.416 e. The molecule has 0 unspecified atom stereocenters. The normalized spacial score (nSPS) is 12.1. The summed E-state index contributed by atoms with van der Waals surface area (Å²) < 4.78 is 46.9. The lowest BCUT2D eigenvalue weighted by atomic mass is 10.1. The Balaban J connectivity index is 2.12. The zero-order valence-corrected chi connectivity index (χ0v) is 18.2. The first-order valence-corrected chi connectivity index (χ1v) is 10.0. The van der Waals surface area contributed by atoms with Gasteiger partial charge in [0.2, 0.25) is 0 Å². The fraction of sp³-hybridized carbons (Fsp3) is 0.227. The summed E-state index contributed by atoms with van der Waals surface area (Å²) >= 11 is 3.45. The third-order valence-electron chi connectivity index (χ3n) is 4.47. The minimum atomic E-state index is -4.45. The third-order valence-corrected chi connectivity index (χ3v) is 5.13. The summed E-state index contributed by atoms with van der Waals surface area (Å²) in [6.45, 7) is 3.49. The molecule has 0 saturated heterocycles. The minimum absolute atomic E-state index is 0.125. The highest BCUT2D eigenvalue weighted by Gasteiger charge is 2.31. The molecule has 2 heterocycles. The number of nitrogens with zero attached hydrogens (tertiary/aromatic N) is 3. The molecular formula is C22H17BrF3N3O2. The average Bonchev–Trinajstić information content (AvgIpc) is 3.03. The van der Waals surface area contributed by atoms with E-state index in [-0.39, 0.29) is 18.7 Å². The van der Waals surface area contributed by atoms with Gasteiger partial charge in [0.1, 0.15) is 17.3 Å². The van der Waals surface area contributed by atoms with Crippen molar-refractivity contribution in [3.8, 4) is 6.07 Å². The molecule has 9 heteroatoms. The van der Waals surface area contributed by atoms with Crippen LogP contribution in [-0.2, 0) is 22.3 Å². The number of pyridine rings is 1. The van der Waals surface area contributed by atoms with E-state index in [0.29, 0.717) is 32.2 Å². The number of esters is 1. The van der Waals surface area contributed by atoms with Gasteiger partial charge in [0, 0.05) is 34.4 Å². The number of alkyl halides is 3. The number of ether oxygens (including phenoxy) is 1. The van der Waals surface area contributed by atoms with E-state index in [1.54, 1.807) is 42.9 Å². The zero-order valence-electron chi connectivity index (χ0n) is 16.6. The van der Waals surface area contributed by atoms with Crippen molar-refractivity contribution in [3.05, 3.63) is 69.0 Å². The summed E-state index contributed by atoms with van der Waals surface area (Å²) in [4.78, 5) is 16.4. The molecule has 5 nitrogen and oxygen atoms in total. The Bertz CT molecular complexity index is 1220. The van der Waals surface area contributed by atoms with E-state index in [0.717, 1.165) is 12.1 Å². The summed E-state index contributed by atoms with van der Waals surface area (Å²) in [6.07, 6.45) is 0.148. The molecule has 0 fully saturated rings. The van der Waals surface area contributed by atoms with Gasteiger partial charge in [0.15, 0.2) is 0 Å². The standard InChI is InChI=1S/C22H17BrF3N3O2/c1-3-31-21(30)15(10-27)9-16-12-29(20-19(16)18(23)4-5-28-20)11-14-6-13(2)7-17(8-14)22(24,25)26/h4-9,12H,3,11H2,1-2H3/b15-9+. The topological polar surface area (TPSA) is 67.9 Å². The SMILES string of the molecule is CCOC(=O)/C(C#N)=C/c1cn(Cc2cc(C)cc(C(F)(F)F)c2)c2nccc(Br)c12. The van der Waals surface area contributed by atoms with Crippen LogP contribution in [0.1, 0.15) is 29.2 Å². The van der Waals surface area contributed by atoms with Gasteiger partial charge < -0.3 is 9.30 Å². The van der Waals surface area contributed by atoms with Crippen LogP contribution < -0.4 is 0 Å². The number of fused-ring (bicyclic) bond motifs is 1. The van der Waals surface area contributed by atoms with Gasteiger partial charge >= 0.3 is 12.1 Å². The van der Waals surface area contributed by atoms with E-state index in [1.165, 1.54) is 6.08 Å². The Morgan fingerprint density at radius 3 is 2.74 bits per heavy atom. The van der Waals surface area contributed by atoms with Crippen molar-refractivity contribution in [1.82, 2.24) is 9.55 Å². The Kier molecular flexibility index (Phi) is 6.51. The second kappa shape index (κ2) is 8.94. The van der Waals surface area contributed by atoms with Crippen molar-refractivity contribution in [3.63, 3.8) is 0 Å². The number of hydrogen-bond donors (Lipinski definition) is 0. The van der Waals surface area contributed by atoms with E-state index in [9.17, 15) is 23.2 Å². The molecule has 0 saturated carbocycles. The molecule has 31 heavy (non-hydrogen) atoms. The minimum Gasteiger partial charge on any atom is -0.462 e. The Labute approximate surface area is 184 Å². The van der Waals surface area contributed by atoms with Gasteiger partial charge in [-0.3, -0.25) is 0 Å². The van der Waals surface area contributed by atoms with Gasteiger partial charge in [-0.05, 0) is 59.6 Å². The van der Waals surface area contributed by atoms with E-state index in [4.69, 9.17) is 4.74 Å². The van der Waals surface area contributed by atoms with E-state index < -0.39 is 17.7 Å². The van der Waals surface area contributed by atoms with Crippen LogP contribution in [0.3, 0.4) is 0 Å². The van der Waals surface area contributed by atoms with Gasteiger partial charge in [-0.25, -0.2) is 9.78 Å². The van der Waals surface area contributed by atoms with E-state index in [1.807, 2.05) is 6.07 Å². The number of carbonyl (C=O) groups is 1. The molecule has 0 N–H and O–H groups in total. The number of halogens is 4. The number of aryl methyl sites for hydroxylation is 1. The number of rotatable bonds is 5. The fourth-order valence-corrected chi connectivity index (χ4v) is 3.78. The Hall–Kier alpha value is -3.12. The molecule has 0 spiro atoms. The molecule has 0 aliphatic rings. The van der Waals surface area contributed by atoms with Crippen LogP contribution in [0.5, 0.6) is 0 Å². The van der Waals surface area contributed by atoms with Crippen LogP contribution in [0, 0.1) is 18.3 Å². The monoisotopic (exact) mass is 491 g/mol. The first-order chi connectivity index (χ1) is 14.6. The van der Waals surface area contributed by atoms with Crippen LogP contribution in [0.2, 0.25) is 0 Å². The third kappa shape index (κ3) is 4.97. The lowest BCUT2D eigenvalue weighted by Gasteiger charge is -2.11. The van der Waals surface area contributed by atoms with Gasteiger partial charge in [0.25, 0.3) is 0 Å². The molecule has 160 valence electrons. The van der Waals surface area contributed by atoms with Crippen molar-refractivity contribution >= 4 is 39.0 Å². The maximum atomic E-state index is 13.2. The summed E-state index contributed by atoms with van der Waals surface area (Å²) in [7, 11) is 0. The predicted octanol–water partition coefficient (Wildman–Crippen LogP) is 5.64. The van der Waals surface area contributed by atoms with Gasteiger partial charge in [-0.15, -0.1) is 0 Å². The highest BCUT2D eigenvalue weighted by atomic mass is 79.9. The summed E-state index contributed by atoms with van der Waals surface area (Å²) in [5.41, 5.74) is 1.05. The molecule has 0 aliphatic carbocycles. The first-order valence-electron chi connectivity index (χ1n) is 9.24. The predicted molar refractivity (Wildman–Crippen MR) is 113 cm³/mol. The van der Waals surface area contributed by atoms with Crippen molar-refractivity contribution in [2.24, 2.45) is 0 Å². The molecule has 3 aromatic rings. The van der Waals surface area contributed by atoms with Crippen molar-refractivity contribution < 1.29 is 22.7 Å². The summed E-state index contributed by atoms with van der Waals surface area (Å²) in [6, 6.07) is 7.40. The smallest absolute Gasteiger partial charge is 0.416 e. The molecule has 0 bridgehead atoms. The fourth-order valence-electron chi connectivity index (χ4n) is 3.25. The van der Waals surface area contributed by atoms with Crippen molar-refractivity contribution in [2.45, 2.75) is 26.6 Å². The van der Waals surface area contributed by atoms with Crippen LogP contribution in [0.4, 0.5) is 13.2 Å². The first kappa shape index (κ1) is 22.6. The van der Waals surface area contributed by atoms with Crippen molar-refractivity contribution in [2.75, 3.05) is 6.61 Å². The van der Waals surface area contributed by atoms with Gasteiger partial charge in [0.05, 0.1) is 12.2 Å². The molecule has 0 atom stereocenters. The van der Waals surface area contributed by atoms with Crippen LogP contribution >= 0.6 is 15.9 Å². The molecule has 0 amide bonds. The van der Waals surface area contributed by atoms with E-state index >= 15 is 0 Å². The molecule has 2 aromatic heterocycles. The Morgan fingerprint density at radius 2 is 2.10 bits per heavy atom.